The molecule has 0 radical (unpaired) electrons. The minimum atomic E-state index is -0.180. The summed E-state index contributed by atoms with van der Waals surface area (Å²) in [6.45, 7) is 2.36. The maximum Gasteiger partial charge on any atom is 0.325 e. The van der Waals surface area contributed by atoms with Gasteiger partial charge >= 0.3 is 5.97 Å². The van der Waals surface area contributed by atoms with Gasteiger partial charge in [-0.2, -0.15) is 0 Å². The van der Waals surface area contributed by atoms with Crippen molar-refractivity contribution in [2.75, 3.05) is 19.5 Å². The highest BCUT2D eigenvalue weighted by Gasteiger charge is 2.14. The minimum Gasteiger partial charge on any atom is -0.468 e. The van der Waals surface area contributed by atoms with Crippen molar-refractivity contribution in [3.8, 4) is 0 Å². The molecule has 0 fully saturated rings. The molecule has 1 heterocycles. The number of allylic oxidation sites excluding steroid dienone is 1. The van der Waals surface area contributed by atoms with Gasteiger partial charge in [0.1, 0.15) is 6.54 Å². The molecule has 0 N–H and O–H groups in total. The number of nitrogens with zero attached hydrogens (tertiary/aromatic N) is 1. The van der Waals surface area contributed by atoms with Gasteiger partial charge in [0.15, 0.2) is 0 Å². The predicted molar refractivity (Wildman–Crippen MR) is 55.3 cm³/mol. The standard InChI is InChI=1S/C7H11NO2S.BrH/c1-6-4-11-5-8(6)3-7(9)10-2;/h4H,3,5H2,1-2H3;1H. The van der Waals surface area contributed by atoms with Crippen LogP contribution in [0, 0.1) is 0 Å². The van der Waals surface area contributed by atoms with E-state index in [0.717, 1.165) is 11.6 Å². The Morgan fingerprint density at radius 2 is 2.50 bits per heavy atom. The van der Waals surface area contributed by atoms with Gasteiger partial charge in [-0.1, -0.05) is 0 Å². The second kappa shape index (κ2) is 5.48. The van der Waals surface area contributed by atoms with E-state index in [4.69, 9.17) is 0 Å². The third-order valence-corrected chi connectivity index (χ3v) is 2.50. The summed E-state index contributed by atoms with van der Waals surface area (Å²) in [7, 11) is 1.41. The topological polar surface area (TPSA) is 29.5 Å². The molecule has 0 aromatic carbocycles. The molecule has 0 spiro atoms. The number of methoxy groups -OCH3 is 1. The van der Waals surface area contributed by atoms with E-state index < -0.39 is 0 Å². The highest BCUT2D eigenvalue weighted by Crippen LogP contribution is 2.21. The Bertz CT molecular complexity index is 196. The van der Waals surface area contributed by atoms with E-state index in [1.54, 1.807) is 11.8 Å². The Morgan fingerprint density at radius 1 is 1.83 bits per heavy atom. The molecular weight excluding hydrogens is 242 g/mol. The fraction of sp³-hybridized carbons (Fsp3) is 0.571. The SMILES string of the molecule is Br.COC(=O)CN1CSC=C1C. The molecule has 0 amide bonds. The molecule has 0 bridgehead atoms. The van der Waals surface area contributed by atoms with E-state index in [-0.39, 0.29) is 23.0 Å². The zero-order valence-corrected chi connectivity index (χ0v) is 9.60. The third-order valence-electron chi connectivity index (χ3n) is 1.53. The molecular formula is C7H12BrNO2S. The molecule has 3 nitrogen and oxygen atoms in total. The van der Waals surface area contributed by atoms with Crippen molar-refractivity contribution in [3.63, 3.8) is 0 Å². The molecule has 0 aliphatic carbocycles. The Balaban J connectivity index is 0.00000121. The quantitative estimate of drug-likeness (QED) is 0.700. The largest absolute Gasteiger partial charge is 0.468 e. The van der Waals surface area contributed by atoms with Gasteiger partial charge in [0, 0.05) is 5.70 Å². The molecule has 0 atom stereocenters. The van der Waals surface area contributed by atoms with Crippen LogP contribution in [0.4, 0.5) is 0 Å². The molecule has 0 saturated heterocycles. The minimum absolute atomic E-state index is 0. The molecule has 1 aliphatic heterocycles. The van der Waals surface area contributed by atoms with Gasteiger partial charge in [0.2, 0.25) is 0 Å². The second-order valence-corrected chi connectivity index (χ2v) is 3.16. The number of rotatable bonds is 2. The van der Waals surface area contributed by atoms with E-state index in [9.17, 15) is 4.79 Å². The van der Waals surface area contributed by atoms with Crippen molar-refractivity contribution in [2.45, 2.75) is 6.92 Å². The van der Waals surface area contributed by atoms with Gasteiger partial charge in [0.25, 0.3) is 0 Å². The summed E-state index contributed by atoms with van der Waals surface area (Å²) in [6.07, 6.45) is 0. The van der Waals surface area contributed by atoms with E-state index in [0.29, 0.717) is 6.54 Å². The van der Waals surface area contributed by atoms with Gasteiger partial charge < -0.3 is 9.64 Å². The monoisotopic (exact) mass is 253 g/mol. The van der Waals surface area contributed by atoms with E-state index in [1.807, 2.05) is 17.2 Å². The van der Waals surface area contributed by atoms with E-state index in [1.165, 1.54) is 7.11 Å². The van der Waals surface area contributed by atoms with Gasteiger partial charge in [0.05, 0.1) is 13.0 Å². The third kappa shape index (κ3) is 3.06. The summed E-state index contributed by atoms with van der Waals surface area (Å²) in [5.74, 6) is 0.682. The summed E-state index contributed by atoms with van der Waals surface area (Å²) in [5.41, 5.74) is 1.14. The Morgan fingerprint density at radius 3 is 2.92 bits per heavy atom. The average molecular weight is 254 g/mol. The average Bonchev–Trinajstić information content (AvgIpc) is 2.37. The van der Waals surface area contributed by atoms with Crippen LogP contribution in [-0.2, 0) is 9.53 Å². The van der Waals surface area contributed by atoms with Crippen molar-refractivity contribution in [3.05, 3.63) is 11.1 Å². The zero-order chi connectivity index (χ0) is 8.27. The van der Waals surface area contributed by atoms with Crippen molar-refractivity contribution in [1.29, 1.82) is 0 Å². The maximum atomic E-state index is 10.8. The number of carbonyl (C=O) groups is 1. The van der Waals surface area contributed by atoms with Crippen molar-refractivity contribution >= 4 is 34.7 Å². The number of thioether (sulfide) groups is 1. The molecule has 70 valence electrons. The van der Waals surface area contributed by atoms with E-state index in [2.05, 4.69) is 4.74 Å². The summed E-state index contributed by atoms with van der Waals surface area (Å²) in [5, 5.41) is 2.04. The predicted octanol–water partition coefficient (Wildman–Crippen LogP) is 1.60. The van der Waals surface area contributed by atoms with Crippen LogP contribution in [0.5, 0.6) is 0 Å². The molecule has 12 heavy (non-hydrogen) atoms. The molecule has 0 saturated carbocycles. The van der Waals surface area contributed by atoms with Crippen LogP contribution < -0.4 is 0 Å². The fourth-order valence-corrected chi connectivity index (χ4v) is 1.75. The maximum absolute atomic E-state index is 10.8. The number of hydrogen-bond acceptors (Lipinski definition) is 4. The lowest BCUT2D eigenvalue weighted by Crippen LogP contribution is -2.26. The molecule has 0 aromatic rings. The zero-order valence-electron chi connectivity index (χ0n) is 7.07. The second-order valence-electron chi connectivity index (χ2n) is 2.33. The molecule has 0 aromatic heterocycles. The summed E-state index contributed by atoms with van der Waals surface area (Å²) in [4.78, 5) is 12.8. The first-order valence-corrected chi connectivity index (χ1v) is 4.39. The molecule has 0 unspecified atom stereocenters. The Kier molecular flexibility index (Phi) is 5.41. The van der Waals surface area contributed by atoms with Gasteiger partial charge in [-0.15, -0.1) is 28.7 Å². The first kappa shape index (κ1) is 11.8. The molecule has 1 rings (SSSR count). The van der Waals surface area contributed by atoms with Crippen molar-refractivity contribution in [2.24, 2.45) is 0 Å². The van der Waals surface area contributed by atoms with Crippen LogP contribution in [-0.4, -0.2) is 30.4 Å². The molecule has 1 aliphatic rings. The number of carbonyl (C=O) groups excluding carboxylic acids is 1. The smallest absolute Gasteiger partial charge is 0.325 e. The lowest BCUT2D eigenvalue weighted by Gasteiger charge is -2.16. The fourth-order valence-electron chi connectivity index (χ4n) is 0.815. The van der Waals surface area contributed by atoms with Gasteiger partial charge in [-0.3, -0.25) is 4.79 Å². The first-order chi connectivity index (χ1) is 5.24. The van der Waals surface area contributed by atoms with Gasteiger partial charge in [-0.05, 0) is 12.3 Å². The van der Waals surface area contributed by atoms with Gasteiger partial charge in [-0.25, -0.2) is 0 Å². The summed E-state index contributed by atoms with van der Waals surface area (Å²) < 4.78 is 4.54. The lowest BCUT2D eigenvalue weighted by molar-refractivity contribution is -0.141. The highest BCUT2D eigenvalue weighted by molar-refractivity contribution is 8.93. The summed E-state index contributed by atoms with van der Waals surface area (Å²) >= 11 is 1.70. The van der Waals surface area contributed by atoms with Crippen LogP contribution in [0.25, 0.3) is 0 Å². The first-order valence-electron chi connectivity index (χ1n) is 3.34. The Labute approximate surface area is 86.9 Å². The van der Waals surface area contributed by atoms with Crippen LogP contribution >= 0.6 is 28.7 Å². The van der Waals surface area contributed by atoms with Crippen LogP contribution in [0.3, 0.4) is 0 Å². The number of ether oxygens (including phenoxy) is 1. The number of hydrogen-bond donors (Lipinski definition) is 0. The van der Waals surface area contributed by atoms with E-state index >= 15 is 0 Å². The van der Waals surface area contributed by atoms with Crippen molar-refractivity contribution in [1.82, 2.24) is 4.90 Å². The molecule has 5 heteroatoms. The highest BCUT2D eigenvalue weighted by atomic mass is 79.9. The normalized spacial score (nSPS) is 15.2. The van der Waals surface area contributed by atoms with Crippen LogP contribution in [0.15, 0.2) is 11.1 Å². The summed E-state index contributed by atoms with van der Waals surface area (Å²) in [6, 6.07) is 0. The number of halogens is 1. The van der Waals surface area contributed by atoms with Crippen molar-refractivity contribution < 1.29 is 9.53 Å². The van der Waals surface area contributed by atoms with Crippen LogP contribution in [0.2, 0.25) is 0 Å². The Hall–Kier alpha value is -0.160. The lowest BCUT2D eigenvalue weighted by atomic mass is 10.4. The number of esters is 1. The van der Waals surface area contributed by atoms with Crippen LogP contribution in [0.1, 0.15) is 6.92 Å².